The van der Waals surface area contributed by atoms with E-state index in [4.69, 9.17) is 11.1 Å². The summed E-state index contributed by atoms with van der Waals surface area (Å²) >= 11 is 0. The van der Waals surface area contributed by atoms with E-state index in [1.807, 2.05) is 12.1 Å². The minimum atomic E-state index is 0.444. The summed E-state index contributed by atoms with van der Waals surface area (Å²) in [4.78, 5) is 4.38. The van der Waals surface area contributed by atoms with Gasteiger partial charge in [0.15, 0.2) is 0 Å². The fourth-order valence-corrected chi connectivity index (χ4v) is 1.39. The van der Waals surface area contributed by atoms with Crippen molar-refractivity contribution in [1.29, 1.82) is 5.41 Å². The van der Waals surface area contributed by atoms with Crippen LogP contribution in [0.4, 0.5) is 5.69 Å². The van der Waals surface area contributed by atoms with Crippen LogP contribution in [0.3, 0.4) is 0 Å². The van der Waals surface area contributed by atoms with Crippen molar-refractivity contribution in [2.24, 2.45) is 0 Å². The Kier molecular flexibility index (Phi) is 1.79. The zero-order valence-electron chi connectivity index (χ0n) is 7.67. The summed E-state index contributed by atoms with van der Waals surface area (Å²) in [6.07, 6.45) is 2.46. The first-order chi connectivity index (χ1) is 6.18. The van der Waals surface area contributed by atoms with Crippen LogP contribution in [0.2, 0.25) is 0 Å². The number of anilines is 1. The SMILES string of the molecule is CC(=N)c1nc(C2CC2)ccc1N. The van der Waals surface area contributed by atoms with E-state index in [0.717, 1.165) is 5.69 Å². The van der Waals surface area contributed by atoms with Gasteiger partial charge in [0.2, 0.25) is 0 Å². The molecule has 0 bridgehead atoms. The fourth-order valence-electron chi connectivity index (χ4n) is 1.39. The zero-order chi connectivity index (χ0) is 9.42. The molecule has 0 aliphatic heterocycles. The normalized spacial score (nSPS) is 15.8. The molecule has 1 aliphatic rings. The van der Waals surface area contributed by atoms with E-state index in [9.17, 15) is 0 Å². The van der Waals surface area contributed by atoms with Gasteiger partial charge in [-0.05, 0) is 31.9 Å². The maximum absolute atomic E-state index is 7.49. The van der Waals surface area contributed by atoms with Crippen molar-refractivity contribution >= 4 is 11.4 Å². The molecule has 1 aromatic rings. The highest BCUT2D eigenvalue weighted by molar-refractivity contribution is 5.98. The Bertz CT molecular complexity index is 353. The Morgan fingerprint density at radius 2 is 2.23 bits per heavy atom. The molecule has 3 N–H and O–H groups in total. The molecule has 1 fully saturated rings. The highest BCUT2D eigenvalue weighted by Crippen LogP contribution is 2.39. The van der Waals surface area contributed by atoms with Crippen LogP contribution < -0.4 is 5.73 Å². The second-order valence-electron chi connectivity index (χ2n) is 3.57. The minimum absolute atomic E-state index is 0.444. The first kappa shape index (κ1) is 8.23. The third-order valence-corrected chi connectivity index (χ3v) is 2.30. The van der Waals surface area contributed by atoms with Crippen LogP contribution in [0.1, 0.15) is 37.1 Å². The van der Waals surface area contributed by atoms with Gasteiger partial charge in [-0.1, -0.05) is 0 Å². The molecule has 0 aromatic carbocycles. The van der Waals surface area contributed by atoms with Gasteiger partial charge < -0.3 is 11.1 Å². The van der Waals surface area contributed by atoms with Gasteiger partial charge in [-0.3, -0.25) is 0 Å². The molecule has 0 radical (unpaired) electrons. The van der Waals surface area contributed by atoms with Crippen LogP contribution in [0.25, 0.3) is 0 Å². The molecule has 0 saturated heterocycles. The second kappa shape index (κ2) is 2.83. The van der Waals surface area contributed by atoms with E-state index in [2.05, 4.69) is 4.98 Å². The van der Waals surface area contributed by atoms with Gasteiger partial charge in [-0.2, -0.15) is 0 Å². The standard InChI is InChI=1S/C10H13N3/c1-6(11)10-8(12)4-5-9(13-10)7-2-3-7/h4-5,7,11H,2-3,12H2,1H3. The molecule has 1 aliphatic carbocycles. The van der Waals surface area contributed by atoms with Crippen LogP contribution in [0.5, 0.6) is 0 Å². The molecule has 1 aromatic heterocycles. The summed E-state index contributed by atoms with van der Waals surface area (Å²) in [5, 5.41) is 7.49. The van der Waals surface area contributed by atoms with Crippen LogP contribution in [0.15, 0.2) is 12.1 Å². The molecule has 1 saturated carbocycles. The molecular weight excluding hydrogens is 162 g/mol. The van der Waals surface area contributed by atoms with Crippen molar-refractivity contribution in [3.63, 3.8) is 0 Å². The quantitative estimate of drug-likeness (QED) is 0.674. The largest absolute Gasteiger partial charge is 0.397 e. The molecule has 0 atom stereocenters. The molecule has 3 nitrogen and oxygen atoms in total. The Hall–Kier alpha value is -1.38. The first-order valence-electron chi connectivity index (χ1n) is 4.50. The monoisotopic (exact) mass is 175 g/mol. The van der Waals surface area contributed by atoms with Crippen molar-refractivity contribution in [3.05, 3.63) is 23.5 Å². The van der Waals surface area contributed by atoms with Gasteiger partial charge in [0.1, 0.15) is 5.69 Å². The summed E-state index contributed by atoms with van der Waals surface area (Å²) < 4.78 is 0. The lowest BCUT2D eigenvalue weighted by molar-refractivity contribution is 1.02. The lowest BCUT2D eigenvalue weighted by atomic mass is 10.2. The predicted molar refractivity (Wildman–Crippen MR) is 53.1 cm³/mol. The molecule has 13 heavy (non-hydrogen) atoms. The second-order valence-corrected chi connectivity index (χ2v) is 3.57. The number of pyridine rings is 1. The van der Waals surface area contributed by atoms with E-state index in [0.29, 0.717) is 23.0 Å². The zero-order valence-corrected chi connectivity index (χ0v) is 7.67. The number of nitrogens with two attached hydrogens (primary N) is 1. The summed E-state index contributed by atoms with van der Waals surface area (Å²) in [5.41, 5.74) is 8.50. The molecule has 0 amide bonds. The number of hydrogen-bond donors (Lipinski definition) is 2. The molecule has 2 rings (SSSR count). The lowest BCUT2D eigenvalue weighted by Crippen LogP contribution is -2.04. The fraction of sp³-hybridized carbons (Fsp3) is 0.400. The Morgan fingerprint density at radius 1 is 1.54 bits per heavy atom. The summed E-state index contributed by atoms with van der Waals surface area (Å²) in [7, 11) is 0. The van der Waals surface area contributed by atoms with Gasteiger partial charge >= 0.3 is 0 Å². The van der Waals surface area contributed by atoms with Gasteiger partial charge in [0.25, 0.3) is 0 Å². The summed E-state index contributed by atoms with van der Waals surface area (Å²) in [6, 6.07) is 3.83. The van der Waals surface area contributed by atoms with Crippen molar-refractivity contribution < 1.29 is 0 Å². The van der Waals surface area contributed by atoms with E-state index >= 15 is 0 Å². The molecular formula is C10H13N3. The van der Waals surface area contributed by atoms with Gasteiger partial charge in [0.05, 0.1) is 11.4 Å². The molecule has 0 spiro atoms. The van der Waals surface area contributed by atoms with Gasteiger partial charge in [-0.25, -0.2) is 4.98 Å². The third-order valence-electron chi connectivity index (χ3n) is 2.30. The smallest absolute Gasteiger partial charge is 0.107 e. The summed E-state index contributed by atoms with van der Waals surface area (Å²) in [6.45, 7) is 1.72. The average molecular weight is 175 g/mol. The van der Waals surface area contributed by atoms with Crippen molar-refractivity contribution in [2.75, 3.05) is 5.73 Å². The maximum Gasteiger partial charge on any atom is 0.107 e. The molecule has 3 heteroatoms. The Labute approximate surface area is 77.5 Å². The van der Waals surface area contributed by atoms with E-state index < -0.39 is 0 Å². The molecule has 68 valence electrons. The van der Waals surface area contributed by atoms with Crippen LogP contribution >= 0.6 is 0 Å². The predicted octanol–water partition coefficient (Wildman–Crippen LogP) is 1.93. The Morgan fingerprint density at radius 3 is 2.77 bits per heavy atom. The third kappa shape index (κ3) is 1.54. The number of rotatable bonds is 2. The van der Waals surface area contributed by atoms with E-state index in [1.165, 1.54) is 12.8 Å². The number of nitrogen functional groups attached to an aromatic ring is 1. The number of aromatic nitrogens is 1. The number of nitrogens with zero attached hydrogens (tertiary/aromatic N) is 1. The van der Waals surface area contributed by atoms with E-state index in [1.54, 1.807) is 6.92 Å². The topological polar surface area (TPSA) is 62.8 Å². The van der Waals surface area contributed by atoms with Crippen LogP contribution in [0, 0.1) is 5.41 Å². The van der Waals surface area contributed by atoms with Crippen LogP contribution in [-0.4, -0.2) is 10.7 Å². The Balaban J connectivity index is 2.41. The van der Waals surface area contributed by atoms with Crippen LogP contribution in [-0.2, 0) is 0 Å². The highest BCUT2D eigenvalue weighted by atomic mass is 14.8. The van der Waals surface area contributed by atoms with Gasteiger partial charge in [-0.15, -0.1) is 0 Å². The van der Waals surface area contributed by atoms with Crippen molar-refractivity contribution in [1.82, 2.24) is 4.98 Å². The average Bonchev–Trinajstić information content (AvgIpc) is 2.87. The molecule has 0 unspecified atom stereocenters. The maximum atomic E-state index is 7.49. The van der Waals surface area contributed by atoms with Crippen molar-refractivity contribution in [2.45, 2.75) is 25.7 Å². The summed E-state index contributed by atoms with van der Waals surface area (Å²) in [5.74, 6) is 0.624. The lowest BCUT2D eigenvalue weighted by Gasteiger charge is -2.04. The number of nitrogens with one attached hydrogen (secondary N) is 1. The number of hydrogen-bond acceptors (Lipinski definition) is 3. The first-order valence-corrected chi connectivity index (χ1v) is 4.50. The molecule has 1 heterocycles. The minimum Gasteiger partial charge on any atom is -0.397 e. The highest BCUT2D eigenvalue weighted by Gasteiger charge is 2.25. The van der Waals surface area contributed by atoms with Gasteiger partial charge in [0, 0.05) is 11.6 Å². The van der Waals surface area contributed by atoms with E-state index in [-0.39, 0.29) is 0 Å². The van der Waals surface area contributed by atoms with Crippen molar-refractivity contribution in [3.8, 4) is 0 Å².